The Bertz CT molecular complexity index is 942. The highest BCUT2D eigenvalue weighted by molar-refractivity contribution is 7.80. The molecule has 0 fully saturated rings. The highest BCUT2D eigenvalue weighted by atomic mass is 32.1. The van der Waals surface area contributed by atoms with Crippen molar-refractivity contribution < 1.29 is 22.7 Å². The number of esters is 1. The molecule has 1 aliphatic rings. The molecule has 3 rings (SSSR count). The summed E-state index contributed by atoms with van der Waals surface area (Å²) in [5.74, 6) is -0.643. The number of para-hydroxylation sites is 1. The quantitative estimate of drug-likeness (QED) is 0.597. The Balaban J connectivity index is 2.14. The van der Waals surface area contributed by atoms with Crippen molar-refractivity contribution in [3.63, 3.8) is 0 Å². The summed E-state index contributed by atoms with van der Waals surface area (Å²) in [6, 6.07) is 13.1. The molecule has 1 atom stereocenters. The molecule has 1 heterocycles. The van der Waals surface area contributed by atoms with Gasteiger partial charge in [-0.15, -0.1) is 0 Å². The first-order valence-electron chi connectivity index (χ1n) is 8.36. The van der Waals surface area contributed by atoms with E-state index in [1.54, 1.807) is 11.8 Å². The van der Waals surface area contributed by atoms with E-state index >= 15 is 0 Å². The average molecular weight is 406 g/mol. The van der Waals surface area contributed by atoms with Gasteiger partial charge in [0.25, 0.3) is 0 Å². The van der Waals surface area contributed by atoms with Crippen LogP contribution in [0.4, 0.5) is 18.9 Å². The number of hydrogen-bond acceptors (Lipinski definition) is 3. The second-order valence-electron chi connectivity index (χ2n) is 6.17. The Morgan fingerprint density at radius 3 is 2.43 bits per heavy atom. The van der Waals surface area contributed by atoms with E-state index in [1.165, 1.54) is 19.2 Å². The predicted molar refractivity (Wildman–Crippen MR) is 104 cm³/mol. The molecule has 8 heteroatoms. The van der Waals surface area contributed by atoms with Crippen LogP contribution in [0.5, 0.6) is 0 Å². The van der Waals surface area contributed by atoms with Gasteiger partial charge in [-0.05, 0) is 49.0 Å². The maximum atomic E-state index is 13.1. The van der Waals surface area contributed by atoms with Crippen LogP contribution in [0, 0.1) is 0 Å². The van der Waals surface area contributed by atoms with Gasteiger partial charge in [0.2, 0.25) is 0 Å². The van der Waals surface area contributed by atoms with Crippen LogP contribution < -0.4 is 10.2 Å². The number of halogens is 3. The first-order chi connectivity index (χ1) is 13.2. The molecule has 0 radical (unpaired) electrons. The van der Waals surface area contributed by atoms with Crippen LogP contribution >= 0.6 is 12.2 Å². The van der Waals surface area contributed by atoms with Crippen molar-refractivity contribution in [1.82, 2.24) is 5.32 Å². The first kappa shape index (κ1) is 19.9. The van der Waals surface area contributed by atoms with Crippen molar-refractivity contribution >= 4 is 29.0 Å². The van der Waals surface area contributed by atoms with Crippen molar-refractivity contribution in [2.45, 2.75) is 19.1 Å². The molecule has 4 nitrogen and oxygen atoms in total. The molecule has 146 valence electrons. The molecule has 0 aliphatic carbocycles. The number of hydrogen-bond donors (Lipinski definition) is 1. The van der Waals surface area contributed by atoms with Gasteiger partial charge in [-0.3, -0.25) is 4.90 Å². The smallest absolute Gasteiger partial charge is 0.416 e. The lowest BCUT2D eigenvalue weighted by Crippen LogP contribution is -2.48. The van der Waals surface area contributed by atoms with Gasteiger partial charge in [-0.2, -0.15) is 13.2 Å². The molecule has 0 spiro atoms. The second kappa shape index (κ2) is 7.63. The molecule has 2 aromatic rings. The highest BCUT2D eigenvalue weighted by Crippen LogP contribution is 2.36. The predicted octanol–water partition coefficient (Wildman–Crippen LogP) is 4.59. The normalized spacial score (nSPS) is 17.4. The summed E-state index contributed by atoms with van der Waals surface area (Å²) in [6.45, 7) is 1.69. The van der Waals surface area contributed by atoms with Crippen LogP contribution in [0.2, 0.25) is 0 Å². The van der Waals surface area contributed by atoms with Crippen molar-refractivity contribution in [3.8, 4) is 0 Å². The number of nitrogens with zero attached hydrogens (tertiary/aromatic N) is 1. The maximum Gasteiger partial charge on any atom is 0.416 e. The third-order valence-electron chi connectivity index (χ3n) is 4.45. The molecule has 2 aromatic carbocycles. The number of nitrogens with one attached hydrogen (secondary N) is 1. The van der Waals surface area contributed by atoms with E-state index in [4.69, 9.17) is 17.0 Å². The number of benzene rings is 2. The Morgan fingerprint density at radius 2 is 1.82 bits per heavy atom. The summed E-state index contributed by atoms with van der Waals surface area (Å²) >= 11 is 5.45. The third kappa shape index (κ3) is 3.73. The monoisotopic (exact) mass is 406 g/mol. The van der Waals surface area contributed by atoms with Crippen LogP contribution in [-0.2, 0) is 15.7 Å². The van der Waals surface area contributed by atoms with E-state index in [0.717, 1.165) is 17.8 Å². The van der Waals surface area contributed by atoms with Gasteiger partial charge in [-0.1, -0.05) is 30.3 Å². The molecule has 1 N–H and O–H groups in total. The molecule has 0 saturated heterocycles. The van der Waals surface area contributed by atoms with Gasteiger partial charge in [0.05, 0.1) is 24.3 Å². The summed E-state index contributed by atoms with van der Waals surface area (Å²) in [5, 5.41) is 3.26. The lowest BCUT2D eigenvalue weighted by Gasteiger charge is -2.37. The van der Waals surface area contributed by atoms with Crippen molar-refractivity contribution in [1.29, 1.82) is 0 Å². The minimum Gasteiger partial charge on any atom is -0.466 e. The fourth-order valence-corrected chi connectivity index (χ4v) is 3.51. The van der Waals surface area contributed by atoms with Crippen molar-refractivity contribution in [3.05, 3.63) is 77.0 Å². The molecule has 0 amide bonds. The topological polar surface area (TPSA) is 41.6 Å². The number of anilines is 1. The second-order valence-corrected chi connectivity index (χ2v) is 6.55. The number of carbonyl (C=O) groups excluding carboxylic acids is 1. The Labute approximate surface area is 165 Å². The molecule has 0 bridgehead atoms. The molecule has 0 saturated carbocycles. The van der Waals surface area contributed by atoms with E-state index in [9.17, 15) is 18.0 Å². The minimum absolute atomic E-state index is 0.194. The van der Waals surface area contributed by atoms with Crippen LogP contribution in [0.1, 0.15) is 24.1 Å². The average Bonchev–Trinajstić information content (AvgIpc) is 2.67. The van der Waals surface area contributed by atoms with Crippen LogP contribution in [0.25, 0.3) is 0 Å². The number of alkyl halides is 3. The fourth-order valence-electron chi connectivity index (χ4n) is 3.15. The standard InChI is InChI=1S/C20H17F3N2O2S/c1-12-16(18(26)27-2)17(13-7-6-8-14(11-13)20(21,22)23)24-19(28)25(12)15-9-4-3-5-10-15/h3-11,17H,1-2H3,(H,24,28)/t17-/m0/s1. The largest absolute Gasteiger partial charge is 0.466 e. The van der Waals surface area contributed by atoms with Gasteiger partial charge in [0, 0.05) is 11.4 Å². The lowest BCUT2D eigenvalue weighted by atomic mass is 9.93. The molecule has 28 heavy (non-hydrogen) atoms. The fraction of sp³-hybridized carbons (Fsp3) is 0.200. The zero-order valence-electron chi connectivity index (χ0n) is 15.1. The zero-order chi connectivity index (χ0) is 20.5. The van der Waals surface area contributed by atoms with Gasteiger partial charge in [0.1, 0.15) is 0 Å². The number of methoxy groups -OCH3 is 1. The molecular formula is C20H17F3N2O2S. The minimum atomic E-state index is -4.49. The summed E-state index contributed by atoms with van der Waals surface area (Å²) in [7, 11) is 1.23. The molecule has 0 aromatic heterocycles. The number of carbonyl (C=O) groups is 1. The Hall–Kier alpha value is -2.87. The van der Waals surface area contributed by atoms with Crippen molar-refractivity contribution in [2.24, 2.45) is 0 Å². The van der Waals surface area contributed by atoms with Gasteiger partial charge >= 0.3 is 12.1 Å². The number of allylic oxidation sites excluding steroid dienone is 1. The van der Waals surface area contributed by atoms with E-state index in [2.05, 4.69) is 5.32 Å². The number of thiocarbonyl (C=S) groups is 1. The summed E-state index contributed by atoms with van der Waals surface area (Å²) in [5.41, 5.74) is 0.875. The first-order valence-corrected chi connectivity index (χ1v) is 8.76. The van der Waals surface area contributed by atoms with E-state index < -0.39 is 23.8 Å². The number of ether oxygens (including phenoxy) is 1. The van der Waals surface area contributed by atoms with E-state index in [-0.39, 0.29) is 16.2 Å². The third-order valence-corrected chi connectivity index (χ3v) is 4.75. The van der Waals surface area contributed by atoms with E-state index in [1.807, 2.05) is 30.3 Å². The number of rotatable bonds is 3. The van der Waals surface area contributed by atoms with Gasteiger partial charge in [-0.25, -0.2) is 4.79 Å². The summed E-state index contributed by atoms with van der Waals surface area (Å²) in [4.78, 5) is 14.2. The lowest BCUT2D eigenvalue weighted by molar-refractivity contribution is -0.137. The van der Waals surface area contributed by atoms with Gasteiger partial charge in [0.15, 0.2) is 5.11 Å². The SMILES string of the molecule is COC(=O)C1=C(C)N(c2ccccc2)C(=S)N[C@H]1c1cccc(C(F)(F)F)c1. The highest BCUT2D eigenvalue weighted by Gasteiger charge is 2.37. The van der Waals surface area contributed by atoms with Crippen LogP contribution in [-0.4, -0.2) is 18.2 Å². The molecule has 0 unspecified atom stereocenters. The Kier molecular flexibility index (Phi) is 5.42. The van der Waals surface area contributed by atoms with Crippen LogP contribution in [0.3, 0.4) is 0 Å². The summed E-state index contributed by atoms with van der Waals surface area (Å²) < 4.78 is 44.3. The molecular weight excluding hydrogens is 389 g/mol. The maximum absolute atomic E-state index is 13.1. The zero-order valence-corrected chi connectivity index (χ0v) is 15.9. The Morgan fingerprint density at radius 1 is 1.14 bits per heavy atom. The van der Waals surface area contributed by atoms with Crippen LogP contribution in [0.15, 0.2) is 65.9 Å². The molecule has 1 aliphatic heterocycles. The van der Waals surface area contributed by atoms with E-state index in [0.29, 0.717) is 5.70 Å². The van der Waals surface area contributed by atoms with Gasteiger partial charge < -0.3 is 10.1 Å². The summed E-state index contributed by atoms with van der Waals surface area (Å²) in [6.07, 6.45) is -4.49. The van der Waals surface area contributed by atoms with Crippen molar-refractivity contribution in [2.75, 3.05) is 12.0 Å².